The second-order valence-corrected chi connectivity index (χ2v) is 23.7. The Balaban J connectivity index is 0.791. The predicted octanol–water partition coefficient (Wildman–Crippen LogP) is 8.67. The number of unbranched alkanes of at least 4 members (excludes halogenated alkanes) is 2. The molecule has 2 saturated heterocycles. The number of rotatable bonds is 15. The van der Waals surface area contributed by atoms with Gasteiger partial charge in [0.05, 0.1) is 56.3 Å². The Labute approximate surface area is 431 Å². The van der Waals surface area contributed by atoms with Crippen LogP contribution in [0.5, 0.6) is 0 Å². The van der Waals surface area contributed by atoms with Crippen LogP contribution in [0.1, 0.15) is 133 Å². The number of β-amino-alcohol motifs (C(OH)–C–C–N with tert-alkyl or cyclic N) is 1. The molecule has 382 valence electrons. The Morgan fingerprint density at radius 2 is 1.68 bits per heavy atom. The highest BCUT2D eigenvalue weighted by atomic mass is 79.9. The number of aromatic nitrogens is 4. The van der Waals surface area contributed by atoms with Crippen LogP contribution in [0.4, 0.5) is 4.39 Å². The normalized spacial score (nSPS) is 22.5. The van der Waals surface area contributed by atoms with Crippen LogP contribution in [-0.2, 0) is 14.4 Å². The van der Waals surface area contributed by atoms with Gasteiger partial charge in [0, 0.05) is 23.5 Å². The number of fused-ring (bicyclic) bond motifs is 5. The summed E-state index contributed by atoms with van der Waals surface area (Å²) in [7, 11) is 0. The summed E-state index contributed by atoms with van der Waals surface area (Å²) in [5, 5.41) is 27.9. The number of nitrogens with zero attached hydrogens (tertiary/aromatic N) is 6. The van der Waals surface area contributed by atoms with Crippen LogP contribution in [0, 0.1) is 12.3 Å². The number of hydrogen-bond acceptors (Lipinski definition) is 10. The van der Waals surface area contributed by atoms with Gasteiger partial charge in [-0.25, -0.2) is 9.37 Å². The molecule has 3 aromatic carbocycles. The number of halogens is 2. The molecule has 14 nitrogen and oxygen atoms in total. The first-order valence-electron chi connectivity index (χ1n) is 25.8. The number of amides is 3. The first kappa shape index (κ1) is 50.5. The SMILES string of the molecule is Cc1ncsc1-c1ccc([C@H](CCCCCN2CCC(c3ccc4c(c3)n([C@H]3CC[C@@H](O)C3)c3nc(=O)c5c(Br)cccc5n43)CC2)NC(=O)[C@@H]2C[C@@H](O)CN2C(=O)[C@@H](NC(=O)C2(F)CC2)C(C)(C)C)cc1. The van der Waals surface area contributed by atoms with Crippen LogP contribution in [0.15, 0.2) is 75.4 Å². The van der Waals surface area contributed by atoms with E-state index in [9.17, 15) is 33.8 Å². The molecule has 6 aromatic rings. The van der Waals surface area contributed by atoms with E-state index < -0.39 is 41.1 Å². The number of imidazole rings is 1. The second kappa shape index (κ2) is 20.3. The van der Waals surface area contributed by atoms with Crippen LogP contribution < -0.4 is 16.2 Å². The number of thiazole rings is 1. The Morgan fingerprint density at radius 1 is 0.917 bits per heavy atom. The fourth-order valence-corrected chi connectivity index (χ4v) is 12.9. The molecule has 4 aliphatic rings. The molecule has 6 atom stereocenters. The van der Waals surface area contributed by atoms with Crippen molar-refractivity contribution in [2.45, 2.75) is 153 Å². The number of carbonyl (C=O) groups excluding carboxylic acids is 3. The third-order valence-corrected chi connectivity index (χ3v) is 17.5. The minimum absolute atomic E-state index is 0.0435. The summed E-state index contributed by atoms with van der Waals surface area (Å²) in [4.78, 5) is 68.9. The molecule has 72 heavy (non-hydrogen) atoms. The summed E-state index contributed by atoms with van der Waals surface area (Å²) in [5.41, 5.74) is 5.90. The number of benzene rings is 3. The third kappa shape index (κ3) is 10.1. The van der Waals surface area contributed by atoms with Crippen molar-refractivity contribution in [1.82, 2.24) is 39.4 Å². The number of carbonyl (C=O) groups is 3. The van der Waals surface area contributed by atoms with Crippen molar-refractivity contribution in [1.29, 1.82) is 0 Å². The van der Waals surface area contributed by atoms with Gasteiger partial charge in [0.2, 0.25) is 17.6 Å². The van der Waals surface area contributed by atoms with Crippen molar-refractivity contribution in [2.24, 2.45) is 5.41 Å². The van der Waals surface area contributed by atoms with Crippen LogP contribution in [-0.4, -0.2) is 113 Å². The molecule has 5 heterocycles. The van der Waals surface area contributed by atoms with E-state index >= 15 is 0 Å². The highest BCUT2D eigenvalue weighted by Gasteiger charge is 2.53. The number of likely N-dealkylation sites (tertiary alicyclic amines) is 2. The average molecular weight is 1070 g/mol. The smallest absolute Gasteiger partial charge is 0.283 e. The van der Waals surface area contributed by atoms with E-state index in [0.717, 1.165) is 107 Å². The lowest BCUT2D eigenvalue weighted by Crippen LogP contribution is -2.59. The van der Waals surface area contributed by atoms with Gasteiger partial charge in [0.15, 0.2) is 5.67 Å². The third-order valence-electron chi connectivity index (χ3n) is 15.8. The zero-order valence-corrected chi connectivity index (χ0v) is 44.0. The topological polar surface area (TPSA) is 174 Å². The van der Waals surface area contributed by atoms with Gasteiger partial charge < -0.3 is 35.2 Å². The Hall–Kier alpha value is -5.07. The lowest BCUT2D eigenvalue weighted by atomic mass is 9.85. The Bertz CT molecular complexity index is 3070. The standard InChI is InChI=1S/C55H66BrFN8O6S/c1-32-47(72-31-58-32)35-14-12-34(13-15-35)41(59-49(68)45-29-39(67)30-63(45)51(70)48(54(2,3)4)60-52(71)55(57)22-23-55)10-6-5-7-24-62-25-20-33(21-26-62)36-16-19-42-44(27-36)64(37-17-18-38(66)28-37)53-61-50(69)46-40(56)9-8-11-43(46)65(42)53/h8-9,11-16,19,27,31,33,37-39,41,45,48,66-67H,5-7,10,17-18,20-26,28-30H2,1-4H3,(H,59,68)(H,60,71)/t37-,38+,39+,41-,45-,48+/m0/s1. The van der Waals surface area contributed by atoms with Crippen LogP contribution >= 0.6 is 27.3 Å². The lowest BCUT2D eigenvalue weighted by molar-refractivity contribution is -0.145. The summed E-state index contributed by atoms with van der Waals surface area (Å²) < 4.78 is 19.8. The van der Waals surface area contributed by atoms with Crippen LogP contribution in [0.3, 0.4) is 0 Å². The number of piperidine rings is 1. The summed E-state index contributed by atoms with van der Waals surface area (Å²) in [6.45, 7) is 10.2. The number of aliphatic hydroxyl groups excluding tert-OH is 2. The molecule has 2 aliphatic heterocycles. The maximum Gasteiger partial charge on any atom is 0.283 e. The zero-order valence-electron chi connectivity index (χ0n) is 41.6. The molecule has 2 saturated carbocycles. The molecular formula is C55H66BrFN8O6S. The quantitative estimate of drug-likeness (QED) is 0.0734. The Morgan fingerprint density at radius 3 is 2.36 bits per heavy atom. The van der Waals surface area contributed by atoms with Crippen molar-refractivity contribution in [3.8, 4) is 10.4 Å². The molecule has 2 aliphatic carbocycles. The number of alkyl halides is 1. The lowest BCUT2D eigenvalue weighted by Gasteiger charge is -2.36. The van der Waals surface area contributed by atoms with Crippen molar-refractivity contribution in [3.63, 3.8) is 0 Å². The van der Waals surface area contributed by atoms with Gasteiger partial charge in [-0.2, -0.15) is 4.98 Å². The minimum atomic E-state index is -1.97. The fourth-order valence-electron chi connectivity index (χ4n) is 11.5. The van der Waals surface area contributed by atoms with Gasteiger partial charge in [0.25, 0.3) is 11.5 Å². The van der Waals surface area contributed by atoms with E-state index in [1.807, 2.05) is 42.8 Å². The molecule has 0 spiro atoms. The summed E-state index contributed by atoms with van der Waals surface area (Å²) in [6.07, 6.45) is 6.71. The van der Waals surface area contributed by atoms with Gasteiger partial charge in [-0.1, -0.05) is 70.0 Å². The van der Waals surface area contributed by atoms with Gasteiger partial charge in [-0.3, -0.25) is 23.6 Å². The minimum Gasteiger partial charge on any atom is -0.393 e. The van der Waals surface area contributed by atoms with Crippen LogP contribution in [0.25, 0.3) is 38.2 Å². The van der Waals surface area contributed by atoms with Gasteiger partial charge in [-0.15, -0.1) is 11.3 Å². The number of aliphatic hydroxyl groups is 2. The fraction of sp³-hybridized carbons (Fsp3) is 0.527. The molecule has 10 rings (SSSR count). The molecule has 4 N–H and O–H groups in total. The first-order valence-corrected chi connectivity index (χ1v) is 27.5. The molecule has 3 amide bonds. The number of hydrogen-bond donors (Lipinski definition) is 4. The monoisotopic (exact) mass is 1060 g/mol. The molecular weight excluding hydrogens is 1000 g/mol. The highest BCUT2D eigenvalue weighted by molar-refractivity contribution is 9.10. The van der Waals surface area contributed by atoms with E-state index in [-0.39, 0.29) is 55.5 Å². The zero-order chi connectivity index (χ0) is 50.6. The maximum atomic E-state index is 14.8. The van der Waals surface area contributed by atoms with E-state index in [1.165, 1.54) is 10.5 Å². The van der Waals surface area contributed by atoms with E-state index in [2.05, 4.69) is 80.7 Å². The second-order valence-electron chi connectivity index (χ2n) is 22.0. The van der Waals surface area contributed by atoms with Crippen molar-refractivity contribution in [2.75, 3.05) is 26.2 Å². The van der Waals surface area contributed by atoms with E-state index in [0.29, 0.717) is 29.9 Å². The molecule has 3 aromatic heterocycles. The van der Waals surface area contributed by atoms with Gasteiger partial charge >= 0.3 is 0 Å². The van der Waals surface area contributed by atoms with Crippen molar-refractivity contribution in [3.05, 3.63) is 97.8 Å². The van der Waals surface area contributed by atoms with Crippen LogP contribution in [0.2, 0.25) is 0 Å². The summed E-state index contributed by atoms with van der Waals surface area (Å²) in [6, 6.07) is 18.4. The van der Waals surface area contributed by atoms with Crippen molar-refractivity contribution >= 4 is 72.7 Å². The van der Waals surface area contributed by atoms with Crippen molar-refractivity contribution < 1.29 is 29.0 Å². The molecule has 4 fully saturated rings. The van der Waals surface area contributed by atoms with E-state index in [4.69, 9.17) is 0 Å². The van der Waals surface area contributed by atoms with E-state index in [1.54, 1.807) is 32.1 Å². The number of aryl methyl sites for hydroxylation is 1. The average Bonchev–Trinajstić information content (AvgIpc) is 3.70. The maximum absolute atomic E-state index is 14.8. The summed E-state index contributed by atoms with van der Waals surface area (Å²) >= 11 is 5.17. The molecule has 17 heteroatoms. The largest absolute Gasteiger partial charge is 0.393 e. The molecule has 0 bridgehead atoms. The molecule has 0 unspecified atom stereocenters. The Kier molecular flexibility index (Phi) is 14.2. The first-order chi connectivity index (χ1) is 34.5. The van der Waals surface area contributed by atoms with Gasteiger partial charge in [-0.05, 0) is 153 Å². The van der Waals surface area contributed by atoms with Gasteiger partial charge in [0.1, 0.15) is 12.1 Å². The molecule has 0 radical (unpaired) electrons. The summed E-state index contributed by atoms with van der Waals surface area (Å²) in [5.74, 6) is -0.684. The highest BCUT2D eigenvalue weighted by Crippen LogP contribution is 2.41. The number of nitrogens with one attached hydrogen (secondary N) is 2. The predicted molar refractivity (Wildman–Crippen MR) is 282 cm³/mol.